The predicted octanol–water partition coefficient (Wildman–Crippen LogP) is 0.733. The maximum absolute atomic E-state index is 11.0. The van der Waals surface area contributed by atoms with E-state index in [4.69, 9.17) is 10.2 Å². The molecule has 0 aliphatic rings. The van der Waals surface area contributed by atoms with Gasteiger partial charge in [0.15, 0.2) is 5.78 Å². The third-order valence-corrected chi connectivity index (χ3v) is 1.46. The van der Waals surface area contributed by atoms with Crippen molar-refractivity contribution in [1.29, 1.82) is 0 Å². The van der Waals surface area contributed by atoms with Gasteiger partial charge >= 0.3 is 5.63 Å². The molecule has 64 valence electrons. The van der Waals surface area contributed by atoms with Crippen LogP contribution in [0.4, 0.5) is 5.69 Å². The summed E-state index contributed by atoms with van der Waals surface area (Å²) in [5.41, 5.74) is 4.88. The van der Waals surface area contributed by atoms with E-state index in [1.165, 1.54) is 13.0 Å². The molecule has 12 heavy (non-hydrogen) atoms. The van der Waals surface area contributed by atoms with E-state index in [9.17, 15) is 9.59 Å². The molecule has 0 spiro atoms. The highest BCUT2D eigenvalue weighted by atomic mass is 16.4. The Labute approximate surface area is 69.0 Å². The Balaban J connectivity index is 3.49. The number of ketones is 1. The Kier molecular flexibility index (Phi) is 1.99. The minimum Gasteiger partial charge on any atom is -0.428 e. The largest absolute Gasteiger partial charge is 0.428 e. The second-order valence-corrected chi connectivity index (χ2v) is 2.53. The number of nitrogens with two attached hydrogens (primary N) is 1. The highest BCUT2D eigenvalue weighted by Gasteiger charge is 2.11. The number of hydrogen-bond acceptors (Lipinski definition) is 4. The van der Waals surface area contributed by atoms with Crippen molar-refractivity contribution in [3.8, 4) is 0 Å². The molecule has 1 heterocycles. The molecule has 0 aliphatic carbocycles. The van der Waals surface area contributed by atoms with Gasteiger partial charge in [-0.2, -0.15) is 0 Å². The first-order valence-corrected chi connectivity index (χ1v) is 3.43. The molecule has 0 atom stereocenters. The average Bonchev–Trinajstić information content (AvgIpc) is 1.82. The van der Waals surface area contributed by atoms with Crippen LogP contribution < -0.4 is 11.4 Å². The van der Waals surface area contributed by atoms with Gasteiger partial charge in [0.05, 0.1) is 5.69 Å². The molecule has 0 saturated heterocycles. The number of carbonyl (C=O) groups is 1. The van der Waals surface area contributed by atoms with E-state index in [0.717, 1.165) is 0 Å². The molecule has 2 N–H and O–H groups in total. The topological polar surface area (TPSA) is 73.3 Å². The van der Waals surface area contributed by atoms with Crippen LogP contribution >= 0.6 is 0 Å². The standard InChI is InChI=1S/C8H9NO3/c1-4-3-6(9)7(5(2)10)8(11)12-4/h3H,9H2,1-2H3. The van der Waals surface area contributed by atoms with Crippen molar-refractivity contribution in [2.75, 3.05) is 5.73 Å². The van der Waals surface area contributed by atoms with Crippen LogP contribution in [0.2, 0.25) is 0 Å². The molecule has 4 nitrogen and oxygen atoms in total. The zero-order valence-corrected chi connectivity index (χ0v) is 6.88. The summed E-state index contributed by atoms with van der Waals surface area (Å²) in [7, 11) is 0. The Hall–Kier alpha value is -1.58. The summed E-state index contributed by atoms with van der Waals surface area (Å²) in [6.45, 7) is 2.87. The van der Waals surface area contributed by atoms with E-state index < -0.39 is 5.63 Å². The zero-order chi connectivity index (χ0) is 9.30. The fourth-order valence-electron chi connectivity index (χ4n) is 0.983. The summed E-state index contributed by atoms with van der Waals surface area (Å²) >= 11 is 0. The normalized spacial score (nSPS) is 9.83. The molecule has 1 rings (SSSR count). The maximum atomic E-state index is 11.0. The lowest BCUT2D eigenvalue weighted by Gasteiger charge is -1.99. The number of rotatable bonds is 1. The molecule has 0 amide bonds. The molecular formula is C8H9NO3. The minimum absolute atomic E-state index is 0.0689. The highest BCUT2D eigenvalue weighted by Crippen LogP contribution is 2.08. The first kappa shape index (κ1) is 8.52. The molecule has 1 aromatic heterocycles. The summed E-state index contributed by atoms with van der Waals surface area (Å²) < 4.78 is 4.69. The third-order valence-electron chi connectivity index (χ3n) is 1.46. The van der Waals surface area contributed by atoms with Gasteiger partial charge in [0.1, 0.15) is 11.3 Å². The van der Waals surface area contributed by atoms with Crippen molar-refractivity contribution in [1.82, 2.24) is 0 Å². The van der Waals surface area contributed by atoms with E-state index >= 15 is 0 Å². The van der Waals surface area contributed by atoms with Gasteiger partial charge in [-0.15, -0.1) is 0 Å². The van der Waals surface area contributed by atoms with Crippen molar-refractivity contribution in [2.24, 2.45) is 0 Å². The first-order valence-electron chi connectivity index (χ1n) is 3.43. The van der Waals surface area contributed by atoms with Gasteiger partial charge in [-0.3, -0.25) is 4.79 Å². The zero-order valence-electron chi connectivity index (χ0n) is 6.88. The number of aryl methyl sites for hydroxylation is 1. The lowest BCUT2D eigenvalue weighted by molar-refractivity contribution is 0.101. The maximum Gasteiger partial charge on any atom is 0.348 e. The van der Waals surface area contributed by atoms with Crippen LogP contribution in [0.1, 0.15) is 23.0 Å². The van der Waals surface area contributed by atoms with Crippen molar-refractivity contribution in [3.63, 3.8) is 0 Å². The number of carbonyl (C=O) groups excluding carboxylic acids is 1. The predicted molar refractivity (Wildman–Crippen MR) is 44.1 cm³/mol. The number of anilines is 1. The number of Topliss-reactive ketones (excluding diaryl/α,β-unsaturated/α-hetero) is 1. The van der Waals surface area contributed by atoms with Crippen molar-refractivity contribution in [3.05, 3.63) is 27.8 Å². The van der Waals surface area contributed by atoms with Gasteiger partial charge in [-0.1, -0.05) is 0 Å². The van der Waals surface area contributed by atoms with Crippen LogP contribution in [0, 0.1) is 6.92 Å². The minimum atomic E-state index is -0.667. The van der Waals surface area contributed by atoms with E-state index in [0.29, 0.717) is 5.76 Å². The Morgan fingerprint density at radius 3 is 2.58 bits per heavy atom. The number of hydrogen-bond donors (Lipinski definition) is 1. The van der Waals surface area contributed by atoms with Crippen molar-refractivity contribution in [2.45, 2.75) is 13.8 Å². The molecule has 0 unspecified atom stereocenters. The second kappa shape index (κ2) is 2.81. The lowest BCUT2D eigenvalue weighted by atomic mass is 10.2. The lowest BCUT2D eigenvalue weighted by Crippen LogP contribution is -2.15. The van der Waals surface area contributed by atoms with Gasteiger partial charge in [0, 0.05) is 6.07 Å². The summed E-state index contributed by atoms with van der Waals surface area (Å²) in [6, 6.07) is 1.46. The van der Waals surface area contributed by atoms with Crippen molar-refractivity contribution >= 4 is 11.5 Å². The van der Waals surface area contributed by atoms with Gasteiger partial charge in [0.25, 0.3) is 0 Å². The van der Waals surface area contributed by atoms with E-state index in [1.54, 1.807) is 6.92 Å². The smallest absolute Gasteiger partial charge is 0.348 e. The molecule has 0 aliphatic heterocycles. The molecule has 0 fully saturated rings. The molecule has 0 bridgehead atoms. The summed E-state index contributed by atoms with van der Waals surface area (Å²) in [5, 5.41) is 0. The van der Waals surface area contributed by atoms with Gasteiger partial charge in [-0.05, 0) is 13.8 Å². The molecular weight excluding hydrogens is 158 g/mol. The van der Waals surface area contributed by atoms with Gasteiger partial charge < -0.3 is 10.2 Å². The fraction of sp³-hybridized carbons (Fsp3) is 0.250. The monoisotopic (exact) mass is 167 g/mol. The highest BCUT2D eigenvalue weighted by molar-refractivity contribution is 5.98. The van der Waals surface area contributed by atoms with Crippen LogP contribution in [0.15, 0.2) is 15.3 Å². The van der Waals surface area contributed by atoms with Crippen LogP contribution in [0.25, 0.3) is 0 Å². The van der Waals surface area contributed by atoms with E-state index in [1.807, 2.05) is 0 Å². The number of nitrogen functional groups attached to an aromatic ring is 1. The van der Waals surface area contributed by atoms with Crippen LogP contribution in [0.5, 0.6) is 0 Å². The van der Waals surface area contributed by atoms with Gasteiger partial charge in [-0.25, -0.2) is 4.79 Å². The van der Waals surface area contributed by atoms with E-state index in [-0.39, 0.29) is 17.0 Å². The molecule has 4 heteroatoms. The van der Waals surface area contributed by atoms with E-state index in [2.05, 4.69) is 0 Å². The summed E-state index contributed by atoms with van der Waals surface area (Å²) in [4.78, 5) is 21.9. The molecule has 0 radical (unpaired) electrons. The molecule has 1 aromatic rings. The first-order chi connectivity index (χ1) is 5.52. The summed E-state index contributed by atoms with van der Waals surface area (Å²) in [6.07, 6.45) is 0. The Morgan fingerprint density at radius 2 is 2.17 bits per heavy atom. The third kappa shape index (κ3) is 1.37. The quantitative estimate of drug-likeness (QED) is 0.626. The average molecular weight is 167 g/mol. The summed E-state index contributed by atoms with van der Waals surface area (Å²) in [5.74, 6) is 0.0313. The Morgan fingerprint density at radius 1 is 1.58 bits per heavy atom. The molecule has 0 aromatic carbocycles. The fourth-order valence-corrected chi connectivity index (χ4v) is 0.983. The second-order valence-electron chi connectivity index (χ2n) is 2.53. The van der Waals surface area contributed by atoms with Crippen LogP contribution in [-0.4, -0.2) is 5.78 Å². The van der Waals surface area contributed by atoms with Crippen LogP contribution in [0.3, 0.4) is 0 Å². The van der Waals surface area contributed by atoms with Gasteiger partial charge in [0.2, 0.25) is 0 Å². The molecule has 0 saturated carbocycles. The Bertz CT molecular complexity index is 378. The van der Waals surface area contributed by atoms with Crippen molar-refractivity contribution < 1.29 is 9.21 Å². The SMILES string of the molecule is CC(=O)c1c(N)cc(C)oc1=O. The van der Waals surface area contributed by atoms with Crippen LogP contribution in [-0.2, 0) is 0 Å².